The fraction of sp³-hybridized carbons (Fsp3) is 0.263. The molecule has 0 aliphatic carbocycles. The van der Waals surface area contributed by atoms with Crippen molar-refractivity contribution in [1.82, 2.24) is 9.97 Å². The maximum Gasteiger partial charge on any atom is 0.224 e. The Bertz CT molecular complexity index is 812. The van der Waals surface area contributed by atoms with Crippen molar-refractivity contribution in [2.45, 2.75) is 25.9 Å². The summed E-state index contributed by atoms with van der Waals surface area (Å²) in [6.45, 7) is 0.440. The van der Waals surface area contributed by atoms with Crippen LogP contribution in [0.15, 0.2) is 48.5 Å². The SMILES string of the molecule is COCc1nc2ccc(NC(=O)CCCc3ccccc3)cc2[nH]1. The highest BCUT2D eigenvalue weighted by Gasteiger charge is 2.06. The van der Waals surface area contributed by atoms with Crippen molar-refractivity contribution in [2.24, 2.45) is 0 Å². The van der Waals surface area contributed by atoms with Crippen molar-refractivity contribution >= 4 is 22.6 Å². The first-order valence-electron chi connectivity index (χ1n) is 8.06. The Labute approximate surface area is 141 Å². The molecule has 1 aromatic heterocycles. The highest BCUT2D eigenvalue weighted by atomic mass is 16.5. The molecule has 0 fully saturated rings. The van der Waals surface area contributed by atoms with Crippen LogP contribution < -0.4 is 5.32 Å². The second-order valence-electron chi connectivity index (χ2n) is 5.74. The van der Waals surface area contributed by atoms with Crippen LogP contribution in [0.1, 0.15) is 24.2 Å². The molecule has 0 atom stereocenters. The molecule has 2 N–H and O–H groups in total. The Morgan fingerprint density at radius 3 is 2.83 bits per heavy atom. The molecule has 0 aliphatic heterocycles. The molecule has 3 aromatic rings. The van der Waals surface area contributed by atoms with Crippen molar-refractivity contribution in [1.29, 1.82) is 0 Å². The molecule has 0 bridgehead atoms. The predicted octanol–water partition coefficient (Wildman–Crippen LogP) is 3.67. The lowest BCUT2D eigenvalue weighted by molar-refractivity contribution is -0.116. The van der Waals surface area contributed by atoms with Crippen molar-refractivity contribution in [3.05, 3.63) is 59.9 Å². The van der Waals surface area contributed by atoms with E-state index in [0.717, 1.165) is 35.4 Å². The molecule has 5 heteroatoms. The van der Waals surface area contributed by atoms with Gasteiger partial charge < -0.3 is 15.0 Å². The third-order valence-electron chi connectivity index (χ3n) is 3.81. The standard InChI is InChI=1S/C19H21N3O2/c1-24-13-18-21-16-11-10-15(12-17(16)22-18)20-19(23)9-5-8-14-6-3-2-4-7-14/h2-4,6-7,10-12H,5,8-9,13H2,1H3,(H,20,23)(H,21,22). The number of aromatic nitrogens is 2. The number of aryl methyl sites for hydroxylation is 1. The van der Waals surface area contributed by atoms with E-state index in [0.29, 0.717) is 13.0 Å². The Kier molecular flexibility index (Phi) is 5.23. The van der Waals surface area contributed by atoms with Crippen LogP contribution in [0, 0.1) is 0 Å². The van der Waals surface area contributed by atoms with Gasteiger partial charge in [0.15, 0.2) is 0 Å². The van der Waals surface area contributed by atoms with Gasteiger partial charge in [0, 0.05) is 19.2 Å². The van der Waals surface area contributed by atoms with Gasteiger partial charge in [-0.3, -0.25) is 4.79 Å². The second kappa shape index (κ2) is 7.75. The van der Waals surface area contributed by atoms with E-state index >= 15 is 0 Å². The van der Waals surface area contributed by atoms with Gasteiger partial charge in [-0.2, -0.15) is 0 Å². The van der Waals surface area contributed by atoms with Gasteiger partial charge in [0.25, 0.3) is 0 Å². The van der Waals surface area contributed by atoms with Gasteiger partial charge in [0.1, 0.15) is 12.4 Å². The highest BCUT2D eigenvalue weighted by Crippen LogP contribution is 2.18. The van der Waals surface area contributed by atoms with Gasteiger partial charge in [-0.15, -0.1) is 0 Å². The average Bonchev–Trinajstić information content (AvgIpc) is 2.98. The van der Waals surface area contributed by atoms with Crippen LogP contribution in [0.4, 0.5) is 5.69 Å². The minimum Gasteiger partial charge on any atom is -0.377 e. The van der Waals surface area contributed by atoms with E-state index in [2.05, 4.69) is 27.4 Å². The zero-order chi connectivity index (χ0) is 16.8. The van der Waals surface area contributed by atoms with Crippen LogP contribution in [0.5, 0.6) is 0 Å². The van der Waals surface area contributed by atoms with Crippen molar-refractivity contribution < 1.29 is 9.53 Å². The van der Waals surface area contributed by atoms with E-state index in [4.69, 9.17) is 4.74 Å². The number of nitrogens with zero attached hydrogens (tertiary/aromatic N) is 1. The Morgan fingerprint density at radius 1 is 1.21 bits per heavy atom. The molecule has 0 radical (unpaired) electrons. The lowest BCUT2D eigenvalue weighted by Gasteiger charge is -2.05. The first kappa shape index (κ1) is 16.2. The van der Waals surface area contributed by atoms with Crippen molar-refractivity contribution in [3.8, 4) is 0 Å². The summed E-state index contributed by atoms with van der Waals surface area (Å²) < 4.78 is 5.07. The molecular formula is C19H21N3O2. The Morgan fingerprint density at radius 2 is 2.04 bits per heavy atom. The number of carbonyl (C=O) groups excluding carboxylic acids is 1. The molecule has 1 heterocycles. The normalized spacial score (nSPS) is 10.9. The molecule has 2 aromatic carbocycles. The number of ether oxygens (including phenoxy) is 1. The molecule has 0 unspecified atom stereocenters. The first-order chi connectivity index (χ1) is 11.7. The van der Waals surface area contributed by atoms with Gasteiger partial charge in [0.2, 0.25) is 5.91 Å². The number of aromatic amines is 1. The van der Waals surface area contributed by atoms with Crippen LogP contribution in [-0.2, 0) is 22.6 Å². The molecule has 1 amide bonds. The first-order valence-corrected chi connectivity index (χ1v) is 8.06. The zero-order valence-corrected chi connectivity index (χ0v) is 13.7. The van der Waals surface area contributed by atoms with E-state index in [1.54, 1.807) is 7.11 Å². The second-order valence-corrected chi connectivity index (χ2v) is 5.74. The van der Waals surface area contributed by atoms with Gasteiger partial charge >= 0.3 is 0 Å². The summed E-state index contributed by atoms with van der Waals surface area (Å²) in [6, 6.07) is 15.9. The van der Waals surface area contributed by atoms with Gasteiger partial charge in [-0.05, 0) is 36.6 Å². The highest BCUT2D eigenvalue weighted by molar-refractivity contribution is 5.93. The number of carbonyl (C=O) groups is 1. The number of hydrogen-bond acceptors (Lipinski definition) is 3. The van der Waals surface area contributed by atoms with Crippen LogP contribution in [0.3, 0.4) is 0 Å². The smallest absolute Gasteiger partial charge is 0.224 e. The van der Waals surface area contributed by atoms with Crippen molar-refractivity contribution in [2.75, 3.05) is 12.4 Å². The number of imidazole rings is 1. The van der Waals surface area contributed by atoms with E-state index in [1.807, 2.05) is 36.4 Å². The Balaban J connectivity index is 1.54. The minimum absolute atomic E-state index is 0.0295. The summed E-state index contributed by atoms with van der Waals surface area (Å²) in [5.41, 5.74) is 3.79. The van der Waals surface area contributed by atoms with Gasteiger partial charge in [-0.1, -0.05) is 30.3 Å². The van der Waals surface area contributed by atoms with Gasteiger partial charge in [0.05, 0.1) is 11.0 Å². The van der Waals surface area contributed by atoms with Crippen molar-refractivity contribution in [3.63, 3.8) is 0 Å². The third-order valence-corrected chi connectivity index (χ3v) is 3.81. The average molecular weight is 323 g/mol. The number of amides is 1. The summed E-state index contributed by atoms with van der Waals surface area (Å²) >= 11 is 0. The number of H-pyrrole nitrogens is 1. The number of methoxy groups -OCH3 is 1. The van der Waals surface area contributed by atoms with Crippen LogP contribution >= 0.6 is 0 Å². The van der Waals surface area contributed by atoms with E-state index in [-0.39, 0.29) is 5.91 Å². The maximum absolute atomic E-state index is 12.1. The van der Waals surface area contributed by atoms with Gasteiger partial charge in [-0.25, -0.2) is 4.98 Å². The van der Waals surface area contributed by atoms with Crippen LogP contribution in [0.25, 0.3) is 11.0 Å². The largest absolute Gasteiger partial charge is 0.377 e. The van der Waals surface area contributed by atoms with E-state index < -0.39 is 0 Å². The number of rotatable bonds is 7. The fourth-order valence-electron chi connectivity index (χ4n) is 2.67. The third kappa shape index (κ3) is 4.20. The van der Waals surface area contributed by atoms with E-state index in [1.165, 1.54) is 5.56 Å². The van der Waals surface area contributed by atoms with E-state index in [9.17, 15) is 4.79 Å². The molecule has 0 aliphatic rings. The lowest BCUT2D eigenvalue weighted by atomic mass is 10.1. The summed E-state index contributed by atoms with van der Waals surface area (Å²) in [7, 11) is 1.63. The van der Waals surface area contributed by atoms with Crippen LogP contribution in [-0.4, -0.2) is 23.0 Å². The number of fused-ring (bicyclic) bond motifs is 1. The molecule has 3 rings (SSSR count). The molecule has 124 valence electrons. The summed E-state index contributed by atoms with van der Waals surface area (Å²) in [5, 5.41) is 2.94. The summed E-state index contributed by atoms with van der Waals surface area (Å²) in [5.74, 6) is 0.806. The summed E-state index contributed by atoms with van der Waals surface area (Å²) in [6.07, 6.45) is 2.25. The van der Waals surface area contributed by atoms with Crippen LogP contribution in [0.2, 0.25) is 0 Å². The molecule has 0 spiro atoms. The number of hydrogen-bond donors (Lipinski definition) is 2. The molecular weight excluding hydrogens is 302 g/mol. The number of anilines is 1. The maximum atomic E-state index is 12.1. The molecule has 24 heavy (non-hydrogen) atoms. The molecule has 5 nitrogen and oxygen atoms in total. The summed E-state index contributed by atoms with van der Waals surface area (Å²) in [4.78, 5) is 19.7. The number of nitrogens with one attached hydrogen (secondary N) is 2. The topological polar surface area (TPSA) is 67.0 Å². The molecule has 0 saturated heterocycles. The fourth-order valence-corrected chi connectivity index (χ4v) is 2.67. The Hall–Kier alpha value is -2.66. The quantitative estimate of drug-likeness (QED) is 0.697. The lowest BCUT2D eigenvalue weighted by Crippen LogP contribution is -2.11. The monoisotopic (exact) mass is 323 g/mol. The minimum atomic E-state index is 0.0295. The number of benzene rings is 2. The zero-order valence-electron chi connectivity index (χ0n) is 13.7. The molecule has 0 saturated carbocycles. The predicted molar refractivity (Wildman–Crippen MR) is 94.8 cm³/mol.